The number of aryl methyl sites for hydroxylation is 1. The van der Waals surface area contributed by atoms with Crippen LogP contribution in [0.3, 0.4) is 0 Å². The van der Waals surface area contributed by atoms with Gasteiger partial charge in [0.05, 0.1) is 0 Å². The van der Waals surface area contributed by atoms with E-state index in [2.05, 4.69) is 4.98 Å². The minimum absolute atomic E-state index is 0.00692. The smallest absolute Gasteiger partial charge is 0.339 e. The molecule has 0 aliphatic carbocycles. The number of carbonyl (C=O) groups is 2. The number of anilines is 1. The van der Waals surface area contributed by atoms with Crippen LogP contribution in [0.15, 0.2) is 42.6 Å². The van der Waals surface area contributed by atoms with Crippen LogP contribution in [0.2, 0.25) is 0 Å². The molecule has 0 radical (unpaired) electrons. The Bertz CT molecular complexity index is 784. The summed E-state index contributed by atoms with van der Waals surface area (Å²) < 4.78 is 5.54. The molecule has 0 spiro atoms. The molecule has 0 atom stereocenters. The number of carboxylic acid groups (broad SMARTS) is 1. The van der Waals surface area contributed by atoms with Crippen molar-refractivity contribution in [2.24, 2.45) is 0 Å². The first-order chi connectivity index (χ1) is 12.5. The van der Waals surface area contributed by atoms with Gasteiger partial charge in [-0.3, -0.25) is 4.79 Å². The van der Waals surface area contributed by atoms with Gasteiger partial charge in [0, 0.05) is 32.4 Å². The number of pyridine rings is 1. The highest BCUT2D eigenvalue weighted by Crippen LogP contribution is 2.19. The monoisotopic (exact) mass is 355 g/mol. The van der Waals surface area contributed by atoms with Crippen molar-refractivity contribution in [3.8, 4) is 5.75 Å². The van der Waals surface area contributed by atoms with Crippen LogP contribution >= 0.6 is 0 Å². The van der Waals surface area contributed by atoms with Crippen molar-refractivity contribution >= 4 is 17.7 Å². The van der Waals surface area contributed by atoms with Crippen LogP contribution in [-0.2, 0) is 4.79 Å². The number of ether oxygens (including phenoxy) is 1. The van der Waals surface area contributed by atoms with E-state index in [4.69, 9.17) is 4.74 Å². The standard InChI is InChI=1S/C19H21N3O4/c1-14-4-6-15(7-5-14)26-13-17(23)21-9-11-22(12-10-21)18-16(19(24)25)3-2-8-20-18/h2-8H,9-13H2,1H3,(H,24,25). The van der Waals surface area contributed by atoms with E-state index in [9.17, 15) is 14.7 Å². The minimum Gasteiger partial charge on any atom is -0.484 e. The van der Waals surface area contributed by atoms with Gasteiger partial charge in [-0.25, -0.2) is 9.78 Å². The maximum atomic E-state index is 12.3. The lowest BCUT2D eigenvalue weighted by atomic mass is 10.2. The van der Waals surface area contributed by atoms with Crippen molar-refractivity contribution in [3.63, 3.8) is 0 Å². The number of aromatic nitrogens is 1. The molecular formula is C19H21N3O4. The molecule has 1 N–H and O–H groups in total. The Balaban J connectivity index is 1.54. The van der Waals surface area contributed by atoms with Gasteiger partial charge >= 0.3 is 5.97 Å². The van der Waals surface area contributed by atoms with E-state index in [1.165, 1.54) is 6.07 Å². The summed E-state index contributed by atoms with van der Waals surface area (Å²) in [7, 11) is 0. The van der Waals surface area contributed by atoms with Crippen LogP contribution in [0.4, 0.5) is 5.82 Å². The summed E-state index contributed by atoms with van der Waals surface area (Å²) in [5, 5.41) is 9.28. The fraction of sp³-hybridized carbons (Fsp3) is 0.316. The number of nitrogens with zero attached hydrogens (tertiary/aromatic N) is 3. The zero-order chi connectivity index (χ0) is 18.5. The fourth-order valence-corrected chi connectivity index (χ4v) is 2.85. The Morgan fingerprint density at radius 3 is 2.46 bits per heavy atom. The predicted octanol–water partition coefficient (Wildman–Crippen LogP) is 1.82. The third kappa shape index (κ3) is 4.11. The van der Waals surface area contributed by atoms with Gasteiger partial charge in [0.25, 0.3) is 5.91 Å². The number of piperazine rings is 1. The van der Waals surface area contributed by atoms with E-state index in [-0.39, 0.29) is 18.1 Å². The molecular weight excluding hydrogens is 334 g/mol. The van der Waals surface area contributed by atoms with Gasteiger partial charge in [0.1, 0.15) is 17.1 Å². The molecule has 1 amide bonds. The molecule has 0 saturated carbocycles. The first kappa shape index (κ1) is 17.7. The van der Waals surface area contributed by atoms with Crippen LogP contribution in [0.5, 0.6) is 5.75 Å². The molecule has 1 saturated heterocycles. The molecule has 0 unspecified atom stereocenters. The van der Waals surface area contributed by atoms with Gasteiger partial charge in [-0.05, 0) is 31.2 Å². The van der Waals surface area contributed by atoms with Gasteiger partial charge in [-0.2, -0.15) is 0 Å². The molecule has 1 aliphatic heterocycles. The number of carboxylic acids is 1. The largest absolute Gasteiger partial charge is 0.484 e. The summed E-state index contributed by atoms with van der Waals surface area (Å²) in [5.41, 5.74) is 1.31. The lowest BCUT2D eigenvalue weighted by molar-refractivity contribution is -0.133. The van der Waals surface area contributed by atoms with Crippen LogP contribution in [-0.4, -0.2) is 59.7 Å². The number of aromatic carboxylic acids is 1. The van der Waals surface area contributed by atoms with Gasteiger partial charge < -0.3 is 19.6 Å². The Morgan fingerprint density at radius 2 is 1.81 bits per heavy atom. The fourth-order valence-electron chi connectivity index (χ4n) is 2.85. The van der Waals surface area contributed by atoms with Gasteiger partial charge in [0.15, 0.2) is 6.61 Å². The topological polar surface area (TPSA) is 83.0 Å². The molecule has 1 aromatic carbocycles. The van der Waals surface area contributed by atoms with Gasteiger partial charge in [-0.1, -0.05) is 17.7 Å². The molecule has 1 aliphatic rings. The molecule has 3 rings (SSSR count). The Hall–Kier alpha value is -3.09. The molecule has 2 aromatic rings. The number of carbonyl (C=O) groups excluding carboxylic acids is 1. The summed E-state index contributed by atoms with van der Waals surface area (Å²) in [6, 6.07) is 10.7. The summed E-state index contributed by atoms with van der Waals surface area (Å²) in [6.07, 6.45) is 1.58. The summed E-state index contributed by atoms with van der Waals surface area (Å²) in [5.74, 6) is 0.0352. The summed E-state index contributed by atoms with van der Waals surface area (Å²) in [4.78, 5) is 31.5. The predicted molar refractivity (Wildman–Crippen MR) is 96.7 cm³/mol. The zero-order valence-electron chi connectivity index (χ0n) is 14.6. The second kappa shape index (κ2) is 7.86. The lowest BCUT2D eigenvalue weighted by Gasteiger charge is -2.35. The van der Waals surface area contributed by atoms with E-state index in [1.807, 2.05) is 36.1 Å². The first-order valence-corrected chi connectivity index (χ1v) is 8.45. The molecule has 7 heteroatoms. The van der Waals surface area contributed by atoms with Crippen LogP contribution in [0, 0.1) is 6.92 Å². The highest BCUT2D eigenvalue weighted by atomic mass is 16.5. The van der Waals surface area contributed by atoms with E-state index in [1.54, 1.807) is 17.2 Å². The van der Waals surface area contributed by atoms with E-state index in [0.29, 0.717) is 37.7 Å². The zero-order valence-corrected chi connectivity index (χ0v) is 14.6. The second-order valence-corrected chi connectivity index (χ2v) is 6.15. The third-order valence-corrected chi connectivity index (χ3v) is 4.33. The second-order valence-electron chi connectivity index (χ2n) is 6.15. The molecule has 2 heterocycles. The minimum atomic E-state index is -1.00. The molecule has 0 bridgehead atoms. The number of hydrogen-bond donors (Lipinski definition) is 1. The normalized spacial score (nSPS) is 14.2. The van der Waals surface area contributed by atoms with Crippen molar-refractivity contribution in [1.82, 2.24) is 9.88 Å². The SMILES string of the molecule is Cc1ccc(OCC(=O)N2CCN(c3ncccc3C(=O)O)CC2)cc1. The van der Waals surface area contributed by atoms with Gasteiger partial charge in [0.2, 0.25) is 0 Å². The summed E-state index contributed by atoms with van der Waals surface area (Å²) >= 11 is 0. The number of amides is 1. The quantitative estimate of drug-likeness (QED) is 0.881. The van der Waals surface area contributed by atoms with Crippen molar-refractivity contribution in [2.75, 3.05) is 37.7 Å². The molecule has 136 valence electrons. The van der Waals surface area contributed by atoms with Crippen molar-refractivity contribution in [1.29, 1.82) is 0 Å². The van der Waals surface area contributed by atoms with Crippen molar-refractivity contribution < 1.29 is 19.4 Å². The highest BCUT2D eigenvalue weighted by molar-refractivity contribution is 5.93. The first-order valence-electron chi connectivity index (χ1n) is 8.45. The van der Waals surface area contributed by atoms with E-state index >= 15 is 0 Å². The summed E-state index contributed by atoms with van der Waals surface area (Å²) in [6.45, 7) is 4.07. The highest BCUT2D eigenvalue weighted by Gasteiger charge is 2.24. The maximum absolute atomic E-state index is 12.3. The van der Waals surface area contributed by atoms with Crippen molar-refractivity contribution in [2.45, 2.75) is 6.92 Å². The van der Waals surface area contributed by atoms with E-state index < -0.39 is 5.97 Å². The van der Waals surface area contributed by atoms with Crippen molar-refractivity contribution in [3.05, 3.63) is 53.7 Å². The van der Waals surface area contributed by atoms with Crippen LogP contribution in [0.1, 0.15) is 15.9 Å². The average molecular weight is 355 g/mol. The Kier molecular flexibility index (Phi) is 5.36. The Morgan fingerprint density at radius 1 is 1.12 bits per heavy atom. The average Bonchev–Trinajstić information content (AvgIpc) is 2.67. The maximum Gasteiger partial charge on any atom is 0.339 e. The number of rotatable bonds is 5. The molecule has 7 nitrogen and oxygen atoms in total. The lowest BCUT2D eigenvalue weighted by Crippen LogP contribution is -2.50. The molecule has 1 aromatic heterocycles. The molecule has 26 heavy (non-hydrogen) atoms. The van der Waals surface area contributed by atoms with Crippen LogP contribution in [0.25, 0.3) is 0 Å². The number of benzene rings is 1. The molecule has 1 fully saturated rings. The third-order valence-electron chi connectivity index (χ3n) is 4.33. The van der Waals surface area contributed by atoms with Gasteiger partial charge in [-0.15, -0.1) is 0 Å². The Labute approximate surface area is 151 Å². The van der Waals surface area contributed by atoms with Crippen LogP contribution < -0.4 is 9.64 Å². The van der Waals surface area contributed by atoms with E-state index in [0.717, 1.165) is 5.56 Å². The number of hydrogen-bond acceptors (Lipinski definition) is 5.